The number of nitrogens with one attached hydrogen (secondary N) is 1. The van der Waals surface area contributed by atoms with Crippen LogP contribution >= 0.6 is 11.6 Å². The standard InChI is InChI=1S/C22H26ClN3O4/c1-15(21(28)24-22(2,3)4)25(14-16-9-11-18(23)12-10-16)20(27)13-17-7-5-6-8-19(17)26(29)30/h5-12,15H,13-14H2,1-4H3,(H,24,28)/t15-/m0/s1. The lowest BCUT2D eigenvalue weighted by atomic mass is 10.1. The first-order valence-corrected chi connectivity index (χ1v) is 9.94. The van der Waals surface area contributed by atoms with Crippen molar-refractivity contribution in [1.82, 2.24) is 10.2 Å². The fourth-order valence-electron chi connectivity index (χ4n) is 2.95. The first-order valence-electron chi connectivity index (χ1n) is 9.56. The lowest BCUT2D eigenvalue weighted by Crippen LogP contribution is -2.52. The number of hydrogen-bond acceptors (Lipinski definition) is 4. The van der Waals surface area contributed by atoms with Gasteiger partial charge in [0.2, 0.25) is 11.8 Å². The van der Waals surface area contributed by atoms with Gasteiger partial charge in [-0.2, -0.15) is 0 Å². The molecule has 0 aromatic heterocycles. The number of rotatable bonds is 7. The van der Waals surface area contributed by atoms with Gasteiger partial charge in [-0.15, -0.1) is 0 Å². The molecule has 0 aliphatic heterocycles. The molecule has 1 N–H and O–H groups in total. The van der Waals surface area contributed by atoms with Gasteiger partial charge in [-0.05, 0) is 45.4 Å². The number of para-hydroxylation sites is 1. The molecule has 0 unspecified atom stereocenters. The summed E-state index contributed by atoms with van der Waals surface area (Å²) in [6, 6.07) is 12.3. The van der Waals surface area contributed by atoms with Gasteiger partial charge in [-0.25, -0.2) is 0 Å². The van der Waals surface area contributed by atoms with E-state index < -0.39 is 16.5 Å². The SMILES string of the molecule is C[C@@H](C(=O)NC(C)(C)C)N(Cc1ccc(Cl)cc1)C(=O)Cc1ccccc1[N+](=O)[O-]. The van der Waals surface area contributed by atoms with Crippen molar-refractivity contribution in [3.05, 3.63) is 74.8 Å². The van der Waals surface area contributed by atoms with Crippen LogP contribution in [-0.2, 0) is 22.6 Å². The highest BCUT2D eigenvalue weighted by Crippen LogP contribution is 2.21. The molecule has 2 amide bonds. The minimum Gasteiger partial charge on any atom is -0.350 e. The number of hydrogen-bond donors (Lipinski definition) is 1. The van der Waals surface area contributed by atoms with E-state index in [4.69, 9.17) is 11.6 Å². The molecule has 0 spiro atoms. The van der Waals surface area contributed by atoms with Crippen molar-refractivity contribution in [3.63, 3.8) is 0 Å². The summed E-state index contributed by atoms with van der Waals surface area (Å²) in [6.07, 6.45) is -0.183. The number of carbonyl (C=O) groups excluding carboxylic acids is 2. The van der Waals surface area contributed by atoms with Crippen LogP contribution in [-0.4, -0.2) is 33.2 Å². The highest BCUT2D eigenvalue weighted by atomic mass is 35.5. The predicted octanol–water partition coefficient (Wildman–Crippen LogP) is 4.12. The molecule has 0 fully saturated rings. The van der Waals surface area contributed by atoms with Gasteiger partial charge < -0.3 is 10.2 Å². The van der Waals surface area contributed by atoms with Crippen molar-refractivity contribution in [3.8, 4) is 0 Å². The second-order valence-electron chi connectivity index (χ2n) is 8.13. The van der Waals surface area contributed by atoms with Gasteiger partial charge in [-0.1, -0.05) is 41.9 Å². The van der Waals surface area contributed by atoms with Crippen molar-refractivity contribution >= 4 is 29.1 Å². The number of benzene rings is 2. The molecule has 0 radical (unpaired) electrons. The van der Waals surface area contributed by atoms with Crippen LogP contribution in [0.1, 0.15) is 38.8 Å². The fraction of sp³-hybridized carbons (Fsp3) is 0.364. The van der Waals surface area contributed by atoms with Crippen molar-refractivity contribution in [2.24, 2.45) is 0 Å². The highest BCUT2D eigenvalue weighted by molar-refractivity contribution is 6.30. The van der Waals surface area contributed by atoms with Gasteiger partial charge in [0.1, 0.15) is 6.04 Å². The molecule has 0 aliphatic rings. The molecule has 8 heteroatoms. The quantitative estimate of drug-likeness (QED) is 0.527. The monoisotopic (exact) mass is 431 g/mol. The number of nitrogens with zero attached hydrogens (tertiary/aromatic N) is 2. The molecule has 0 heterocycles. The Morgan fingerprint density at radius 3 is 2.30 bits per heavy atom. The molecule has 2 rings (SSSR count). The third-order valence-corrected chi connectivity index (χ3v) is 4.71. The molecular weight excluding hydrogens is 406 g/mol. The van der Waals surface area contributed by atoms with Crippen LogP contribution in [0.5, 0.6) is 0 Å². The van der Waals surface area contributed by atoms with Crippen LogP contribution in [0, 0.1) is 10.1 Å². The van der Waals surface area contributed by atoms with E-state index in [0.717, 1.165) is 5.56 Å². The molecule has 30 heavy (non-hydrogen) atoms. The van der Waals surface area contributed by atoms with E-state index in [9.17, 15) is 19.7 Å². The fourth-order valence-corrected chi connectivity index (χ4v) is 3.07. The maximum Gasteiger partial charge on any atom is 0.273 e. The van der Waals surface area contributed by atoms with Crippen LogP contribution in [0.2, 0.25) is 5.02 Å². The van der Waals surface area contributed by atoms with Gasteiger partial charge in [0.05, 0.1) is 11.3 Å². The highest BCUT2D eigenvalue weighted by Gasteiger charge is 2.29. The van der Waals surface area contributed by atoms with E-state index in [1.807, 2.05) is 20.8 Å². The largest absolute Gasteiger partial charge is 0.350 e. The van der Waals surface area contributed by atoms with E-state index in [1.165, 1.54) is 11.0 Å². The van der Waals surface area contributed by atoms with E-state index >= 15 is 0 Å². The van der Waals surface area contributed by atoms with Gasteiger partial charge in [0.25, 0.3) is 5.69 Å². The number of nitro benzene ring substituents is 1. The number of nitro groups is 1. The molecule has 160 valence electrons. The third kappa shape index (κ3) is 6.56. The predicted molar refractivity (Wildman–Crippen MR) is 116 cm³/mol. The van der Waals surface area contributed by atoms with Gasteiger partial charge >= 0.3 is 0 Å². The average Bonchev–Trinajstić information content (AvgIpc) is 2.65. The summed E-state index contributed by atoms with van der Waals surface area (Å²) in [7, 11) is 0. The molecule has 2 aromatic carbocycles. The Labute approximate surface area is 181 Å². The normalized spacial score (nSPS) is 12.2. The lowest BCUT2D eigenvalue weighted by molar-refractivity contribution is -0.385. The first kappa shape index (κ1) is 23.3. The van der Waals surface area contributed by atoms with Gasteiger partial charge in [0.15, 0.2) is 0 Å². The zero-order valence-electron chi connectivity index (χ0n) is 17.5. The zero-order chi connectivity index (χ0) is 22.5. The Bertz CT molecular complexity index is 923. The maximum absolute atomic E-state index is 13.2. The molecule has 7 nitrogen and oxygen atoms in total. The lowest BCUT2D eigenvalue weighted by Gasteiger charge is -2.31. The van der Waals surface area contributed by atoms with Gasteiger partial charge in [-0.3, -0.25) is 19.7 Å². The molecule has 0 saturated heterocycles. The van der Waals surface area contributed by atoms with Crippen LogP contribution in [0.4, 0.5) is 5.69 Å². The second kappa shape index (κ2) is 9.71. The Morgan fingerprint density at radius 1 is 1.13 bits per heavy atom. The van der Waals surface area contributed by atoms with Crippen molar-refractivity contribution < 1.29 is 14.5 Å². The Kier molecular flexibility index (Phi) is 7.56. The molecule has 2 aromatic rings. The van der Waals surface area contributed by atoms with Crippen LogP contribution in [0.15, 0.2) is 48.5 Å². The molecular formula is C22H26ClN3O4. The van der Waals surface area contributed by atoms with Crippen molar-refractivity contribution in [2.75, 3.05) is 0 Å². The topological polar surface area (TPSA) is 92.6 Å². The Balaban J connectivity index is 2.32. The third-order valence-electron chi connectivity index (χ3n) is 4.46. The molecule has 0 saturated carbocycles. The van der Waals surface area contributed by atoms with Crippen LogP contribution in [0.3, 0.4) is 0 Å². The summed E-state index contributed by atoms with van der Waals surface area (Å²) >= 11 is 5.94. The number of halogens is 1. The van der Waals surface area contributed by atoms with Crippen molar-refractivity contribution in [1.29, 1.82) is 0 Å². The molecule has 0 bridgehead atoms. The minimum atomic E-state index is -0.768. The Morgan fingerprint density at radius 2 is 1.73 bits per heavy atom. The van der Waals surface area contributed by atoms with Crippen LogP contribution in [0.25, 0.3) is 0 Å². The summed E-state index contributed by atoms with van der Waals surface area (Å²) in [5.41, 5.74) is 0.519. The number of carbonyl (C=O) groups is 2. The molecule has 1 atom stereocenters. The minimum absolute atomic E-state index is 0.121. The maximum atomic E-state index is 13.2. The smallest absolute Gasteiger partial charge is 0.273 e. The van der Waals surface area contributed by atoms with E-state index in [1.54, 1.807) is 49.4 Å². The van der Waals surface area contributed by atoms with E-state index in [2.05, 4.69) is 5.32 Å². The summed E-state index contributed by atoms with van der Waals surface area (Å²) < 4.78 is 0. The zero-order valence-corrected chi connectivity index (χ0v) is 18.3. The van der Waals surface area contributed by atoms with Crippen LogP contribution < -0.4 is 5.32 Å². The summed E-state index contributed by atoms with van der Waals surface area (Å²) in [5, 5.41) is 14.7. The summed E-state index contributed by atoms with van der Waals surface area (Å²) in [4.78, 5) is 38.1. The summed E-state index contributed by atoms with van der Waals surface area (Å²) in [5.74, 6) is -0.678. The average molecular weight is 432 g/mol. The van der Waals surface area contributed by atoms with Gasteiger partial charge in [0, 0.05) is 28.7 Å². The second-order valence-corrected chi connectivity index (χ2v) is 8.56. The first-order chi connectivity index (χ1) is 14.0. The van der Waals surface area contributed by atoms with E-state index in [-0.39, 0.29) is 30.5 Å². The Hall–Kier alpha value is -2.93. The molecule has 0 aliphatic carbocycles. The van der Waals surface area contributed by atoms with Crippen molar-refractivity contribution in [2.45, 2.75) is 52.2 Å². The number of amides is 2. The van der Waals surface area contributed by atoms with E-state index in [0.29, 0.717) is 10.6 Å². The summed E-state index contributed by atoms with van der Waals surface area (Å²) in [6.45, 7) is 7.40.